The quantitative estimate of drug-likeness (QED) is 0.897. The smallest absolute Gasteiger partial charge is 0.255 e. The van der Waals surface area contributed by atoms with E-state index in [0.717, 1.165) is 17.5 Å². The number of hydrogen-bond acceptors (Lipinski definition) is 5. The number of pyridine rings is 1. The van der Waals surface area contributed by atoms with Crippen molar-refractivity contribution in [2.24, 2.45) is 0 Å². The van der Waals surface area contributed by atoms with Gasteiger partial charge in [-0.2, -0.15) is 11.3 Å². The summed E-state index contributed by atoms with van der Waals surface area (Å²) in [6.45, 7) is 2.75. The van der Waals surface area contributed by atoms with Crippen molar-refractivity contribution in [3.8, 4) is 11.3 Å². The number of rotatable bonds is 4. The van der Waals surface area contributed by atoms with Crippen molar-refractivity contribution in [3.05, 3.63) is 40.2 Å². The lowest BCUT2D eigenvalue weighted by atomic mass is 10.1. The van der Waals surface area contributed by atoms with Gasteiger partial charge in [-0.15, -0.1) is 0 Å². The summed E-state index contributed by atoms with van der Waals surface area (Å²) in [5.41, 5.74) is 3.14. The average molecular weight is 365 g/mol. The van der Waals surface area contributed by atoms with Gasteiger partial charge in [0.25, 0.3) is 5.91 Å². The van der Waals surface area contributed by atoms with Crippen molar-refractivity contribution < 1.29 is 13.2 Å². The number of sulfonamides is 1. The minimum absolute atomic E-state index is 0.102. The topological polar surface area (TPSA) is 79.4 Å². The summed E-state index contributed by atoms with van der Waals surface area (Å²) in [6, 6.07) is 5.43. The lowest BCUT2D eigenvalue weighted by Gasteiger charge is -2.18. The molecule has 0 aliphatic carbocycles. The number of nitrogens with zero attached hydrogens (tertiary/aromatic N) is 2. The molecule has 24 heavy (non-hydrogen) atoms. The van der Waals surface area contributed by atoms with Crippen molar-refractivity contribution in [2.45, 2.75) is 19.4 Å². The molecule has 1 atom stereocenters. The SMILES string of the molecule is Cc1nc(-c2ccsc2)ccc1C(=O)N1CCC(NS(C)(=O)=O)C1. The third kappa shape index (κ3) is 3.82. The zero-order chi connectivity index (χ0) is 17.3. The molecule has 1 aliphatic rings. The number of nitrogens with one attached hydrogen (secondary N) is 1. The van der Waals surface area contributed by atoms with E-state index in [1.54, 1.807) is 22.3 Å². The van der Waals surface area contributed by atoms with Crippen LogP contribution in [0.2, 0.25) is 0 Å². The number of hydrogen-bond donors (Lipinski definition) is 1. The maximum atomic E-state index is 12.7. The number of carbonyl (C=O) groups is 1. The largest absolute Gasteiger partial charge is 0.337 e. The molecular weight excluding hydrogens is 346 g/mol. The fourth-order valence-electron chi connectivity index (χ4n) is 2.87. The fourth-order valence-corrected chi connectivity index (χ4v) is 4.32. The summed E-state index contributed by atoms with van der Waals surface area (Å²) in [4.78, 5) is 18.9. The highest BCUT2D eigenvalue weighted by molar-refractivity contribution is 7.88. The van der Waals surface area contributed by atoms with Crippen molar-refractivity contribution in [3.63, 3.8) is 0 Å². The normalized spacial score (nSPS) is 18.1. The van der Waals surface area contributed by atoms with Crippen molar-refractivity contribution in [2.75, 3.05) is 19.3 Å². The standard InChI is InChI=1S/C16H19N3O3S2/c1-11-14(3-4-15(17-11)12-6-8-23-10-12)16(20)19-7-5-13(9-19)18-24(2,21)22/h3-4,6,8,10,13,18H,5,7,9H2,1-2H3. The van der Waals surface area contributed by atoms with Gasteiger partial charge in [-0.1, -0.05) is 0 Å². The van der Waals surface area contributed by atoms with E-state index < -0.39 is 10.0 Å². The molecule has 128 valence electrons. The van der Waals surface area contributed by atoms with Crippen molar-refractivity contribution in [1.82, 2.24) is 14.6 Å². The van der Waals surface area contributed by atoms with Crippen LogP contribution in [0, 0.1) is 6.92 Å². The van der Waals surface area contributed by atoms with Crippen LogP contribution >= 0.6 is 11.3 Å². The first kappa shape index (κ1) is 17.1. The van der Waals surface area contributed by atoms with Gasteiger partial charge >= 0.3 is 0 Å². The fraction of sp³-hybridized carbons (Fsp3) is 0.375. The molecule has 0 aromatic carbocycles. The van der Waals surface area contributed by atoms with E-state index in [-0.39, 0.29) is 11.9 Å². The van der Waals surface area contributed by atoms with Crippen LogP contribution in [0.4, 0.5) is 0 Å². The average Bonchev–Trinajstić information content (AvgIpc) is 3.16. The Morgan fingerprint density at radius 1 is 1.38 bits per heavy atom. The maximum absolute atomic E-state index is 12.7. The van der Waals surface area contributed by atoms with E-state index in [4.69, 9.17) is 0 Å². The molecule has 1 unspecified atom stereocenters. The Balaban J connectivity index is 1.74. The number of likely N-dealkylation sites (tertiary alicyclic amines) is 1. The Bertz CT molecular complexity index is 847. The summed E-state index contributed by atoms with van der Waals surface area (Å²) in [6.07, 6.45) is 1.76. The molecule has 6 nitrogen and oxygen atoms in total. The van der Waals surface area contributed by atoms with E-state index in [1.807, 2.05) is 29.8 Å². The first-order chi connectivity index (χ1) is 11.3. The van der Waals surface area contributed by atoms with Gasteiger partial charge in [-0.3, -0.25) is 9.78 Å². The van der Waals surface area contributed by atoms with E-state index in [0.29, 0.717) is 30.8 Å². The summed E-state index contributed by atoms with van der Waals surface area (Å²) in [5.74, 6) is -0.102. The molecule has 1 N–H and O–H groups in total. The molecule has 1 aliphatic heterocycles. The van der Waals surface area contributed by atoms with Crippen molar-refractivity contribution in [1.29, 1.82) is 0 Å². The molecule has 0 radical (unpaired) electrons. The maximum Gasteiger partial charge on any atom is 0.255 e. The van der Waals surface area contributed by atoms with Gasteiger partial charge in [0, 0.05) is 30.1 Å². The second-order valence-corrected chi connectivity index (χ2v) is 8.53. The Morgan fingerprint density at radius 3 is 2.79 bits per heavy atom. The summed E-state index contributed by atoms with van der Waals surface area (Å²) in [5, 5.41) is 4.01. The Hall–Kier alpha value is -1.77. The van der Waals surface area contributed by atoms with Crippen LogP contribution in [0.1, 0.15) is 22.5 Å². The minimum Gasteiger partial charge on any atom is -0.337 e. The third-order valence-corrected chi connectivity index (χ3v) is 5.43. The van der Waals surface area contributed by atoms with E-state index in [1.165, 1.54) is 0 Å². The summed E-state index contributed by atoms with van der Waals surface area (Å²) >= 11 is 1.60. The Morgan fingerprint density at radius 2 is 2.17 bits per heavy atom. The van der Waals surface area contributed by atoms with Gasteiger partial charge in [0.2, 0.25) is 10.0 Å². The molecule has 3 rings (SSSR count). The number of carbonyl (C=O) groups excluding carboxylic acids is 1. The molecule has 0 bridgehead atoms. The molecule has 1 saturated heterocycles. The molecule has 0 saturated carbocycles. The first-order valence-corrected chi connectivity index (χ1v) is 10.4. The summed E-state index contributed by atoms with van der Waals surface area (Å²) in [7, 11) is -3.26. The molecule has 2 aromatic rings. The van der Waals surface area contributed by atoms with Gasteiger partial charge in [-0.25, -0.2) is 13.1 Å². The highest BCUT2D eigenvalue weighted by Crippen LogP contribution is 2.23. The third-order valence-electron chi connectivity index (χ3n) is 3.99. The monoisotopic (exact) mass is 365 g/mol. The first-order valence-electron chi connectivity index (χ1n) is 7.60. The van der Waals surface area contributed by atoms with Gasteiger partial charge < -0.3 is 4.90 Å². The number of aryl methyl sites for hydroxylation is 1. The number of amides is 1. The zero-order valence-electron chi connectivity index (χ0n) is 13.5. The predicted octanol–water partition coefficient (Wildman–Crippen LogP) is 1.88. The van der Waals surface area contributed by atoms with Crippen LogP contribution < -0.4 is 4.72 Å². The van der Waals surface area contributed by atoms with Crippen LogP contribution in [0.25, 0.3) is 11.3 Å². The molecular formula is C16H19N3O3S2. The van der Waals surface area contributed by atoms with Gasteiger partial charge in [0.15, 0.2) is 0 Å². The highest BCUT2D eigenvalue weighted by Gasteiger charge is 2.29. The number of aromatic nitrogens is 1. The second kappa shape index (κ2) is 6.62. The lowest BCUT2D eigenvalue weighted by Crippen LogP contribution is -2.38. The number of thiophene rings is 1. The molecule has 2 aromatic heterocycles. The molecule has 1 fully saturated rings. The lowest BCUT2D eigenvalue weighted by molar-refractivity contribution is 0.0789. The van der Waals surface area contributed by atoms with Crippen LogP contribution in [0.15, 0.2) is 29.0 Å². The van der Waals surface area contributed by atoms with Crippen molar-refractivity contribution >= 4 is 27.3 Å². The Labute approximate surface area is 145 Å². The highest BCUT2D eigenvalue weighted by atomic mass is 32.2. The van der Waals surface area contributed by atoms with Crippen LogP contribution in [-0.4, -0.2) is 49.6 Å². The van der Waals surface area contributed by atoms with Crippen LogP contribution in [-0.2, 0) is 10.0 Å². The van der Waals surface area contributed by atoms with Gasteiger partial charge in [-0.05, 0) is 36.9 Å². The van der Waals surface area contributed by atoms with Crippen LogP contribution in [0.3, 0.4) is 0 Å². The van der Waals surface area contributed by atoms with Crippen LogP contribution in [0.5, 0.6) is 0 Å². The Kier molecular flexibility index (Phi) is 4.71. The van der Waals surface area contributed by atoms with E-state index >= 15 is 0 Å². The van der Waals surface area contributed by atoms with E-state index in [9.17, 15) is 13.2 Å². The second-order valence-electron chi connectivity index (χ2n) is 5.97. The zero-order valence-corrected chi connectivity index (χ0v) is 15.2. The molecule has 1 amide bonds. The van der Waals surface area contributed by atoms with Gasteiger partial charge in [0.05, 0.1) is 23.2 Å². The molecule has 8 heteroatoms. The predicted molar refractivity (Wildman–Crippen MR) is 94.6 cm³/mol. The van der Waals surface area contributed by atoms with E-state index in [2.05, 4.69) is 9.71 Å². The summed E-state index contributed by atoms with van der Waals surface area (Å²) < 4.78 is 25.2. The molecule has 3 heterocycles. The van der Waals surface area contributed by atoms with Gasteiger partial charge in [0.1, 0.15) is 0 Å². The minimum atomic E-state index is -3.26. The molecule has 0 spiro atoms.